The van der Waals surface area contributed by atoms with Crippen LogP contribution >= 0.6 is 0 Å². The number of likely N-dealkylation sites (tertiary alicyclic amines) is 1. The molecule has 0 saturated carbocycles. The zero-order chi connectivity index (χ0) is 19.3. The number of carbonyl (C=O) groups is 2. The van der Waals surface area contributed by atoms with Crippen LogP contribution in [0.3, 0.4) is 0 Å². The summed E-state index contributed by atoms with van der Waals surface area (Å²) in [5, 5.41) is 22.9. The van der Waals surface area contributed by atoms with Gasteiger partial charge in [-0.05, 0) is 18.9 Å². The van der Waals surface area contributed by atoms with Gasteiger partial charge in [0.05, 0.1) is 31.1 Å². The van der Waals surface area contributed by atoms with Crippen LogP contribution in [0.2, 0.25) is 0 Å². The number of hydrogen-bond acceptors (Lipinski definition) is 6. The number of methoxy groups -OCH3 is 2. The molecular weight excluding hydrogens is 346 g/mol. The normalized spacial score (nSPS) is 16.2. The Kier molecular flexibility index (Phi) is 6.21. The van der Waals surface area contributed by atoms with Crippen LogP contribution < -0.4 is 14.8 Å². The minimum atomic E-state index is -0.916. The minimum Gasteiger partial charge on any atom is -0.493 e. The van der Waals surface area contributed by atoms with Gasteiger partial charge in [-0.1, -0.05) is 0 Å². The van der Waals surface area contributed by atoms with Crippen molar-refractivity contribution in [2.75, 3.05) is 33.9 Å². The fourth-order valence-corrected chi connectivity index (χ4v) is 2.84. The molecule has 142 valence electrons. The predicted molar refractivity (Wildman–Crippen MR) is 90.6 cm³/mol. The van der Waals surface area contributed by atoms with Crippen molar-refractivity contribution in [2.45, 2.75) is 12.8 Å². The number of nitro benzene ring substituents is 1. The van der Waals surface area contributed by atoms with Crippen molar-refractivity contribution >= 4 is 17.7 Å². The zero-order valence-corrected chi connectivity index (χ0v) is 14.6. The minimum absolute atomic E-state index is 0.121. The van der Waals surface area contributed by atoms with Crippen molar-refractivity contribution in [1.29, 1.82) is 0 Å². The van der Waals surface area contributed by atoms with Crippen molar-refractivity contribution in [3.05, 3.63) is 27.8 Å². The number of carboxylic acids is 1. The number of rotatable bonds is 7. The number of ether oxygens (including phenoxy) is 2. The first-order valence-corrected chi connectivity index (χ1v) is 8.02. The molecule has 0 aliphatic carbocycles. The molecule has 10 nitrogen and oxygen atoms in total. The highest BCUT2D eigenvalue weighted by Gasteiger charge is 2.30. The van der Waals surface area contributed by atoms with Crippen molar-refractivity contribution in [2.24, 2.45) is 5.92 Å². The SMILES string of the molecule is COc1cc(CCNC(=O)N2CCC(C(=O)O)C2)c([N+](=O)[O-])cc1OC. The number of amides is 2. The van der Waals surface area contributed by atoms with Gasteiger partial charge in [-0.3, -0.25) is 14.9 Å². The van der Waals surface area contributed by atoms with Gasteiger partial charge in [-0.2, -0.15) is 0 Å². The second kappa shape index (κ2) is 8.37. The smallest absolute Gasteiger partial charge is 0.317 e. The first-order chi connectivity index (χ1) is 12.4. The molecule has 0 radical (unpaired) electrons. The van der Waals surface area contributed by atoms with Gasteiger partial charge in [0.15, 0.2) is 11.5 Å². The number of aliphatic carboxylic acids is 1. The van der Waals surface area contributed by atoms with E-state index in [0.717, 1.165) is 0 Å². The molecule has 2 N–H and O–H groups in total. The maximum atomic E-state index is 12.1. The molecule has 10 heteroatoms. The maximum absolute atomic E-state index is 12.1. The van der Waals surface area contributed by atoms with E-state index in [2.05, 4.69) is 5.32 Å². The topological polar surface area (TPSA) is 131 Å². The quantitative estimate of drug-likeness (QED) is 0.548. The van der Waals surface area contributed by atoms with Crippen molar-refractivity contribution < 1.29 is 29.1 Å². The number of carboxylic acid groups (broad SMARTS) is 1. The van der Waals surface area contributed by atoms with E-state index in [1.807, 2.05) is 0 Å². The van der Waals surface area contributed by atoms with Crippen LogP contribution in [0.4, 0.5) is 10.5 Å². The van der Waals surface area contributed by atoms with E-state index in [1.54, 1.807) is 0 Å². The summed E-state index contributed by atoms with van der Waals surface area (Å²) < 4.78 is 10.2. The lowest BCUT2D eigenvalue weighted by molar-refractivity contribution is -0.385. The Morgan fingerprint density at radius 2 is 2.00 bits per heavy atom. The zero-order valence-electron chi connectivity index (χ0n) is 14.6. The number of nitro groups is 1. The van der Waals surface area contributed by atoms with Gasteiger partial charge in [-0.15, -0.1) is 0 Å². The first kappa shape index (κ1) is 19.3. The van der Waals surface area contributed by atoms with Crippen LogP contribution in [0.25, 0.3) is 0 Å². The summed E-state index contributed by atoms with van der Waals surface area (Å²) in [5.74, 6) is -0.846. The maximum Gasteiger partial charge on any atom is 0.317 e. The number of hydrogen-bond donors (Lipinski definition) is 2. The third kappa shape index (κ3) is 4.32. The van der Waals surface area contributed by atoms with Gasteiger partial charge >= 0.3 is 12.0 Å². The van der Waals surface area contributed by atoms with E-state index >= 15 is 0 Å². The molecule has 2 rings (SSSR count). The van der Waals surface area contributed by atoms with Gasteiger partial charge in [0.25, 0.3) is 5.69 Å². The third-order valence-electron chi connectivity index (χ3n) is 4.28. The Labute approximate surface area is 149 Å². The first-order valence-electron chi connectivity index (χ1n) is 8.02. The number of nitrogens with zero attached hydrogens (tertiary/aromatic N) is 2. The molecule has 26 heavy (non-hydrogen) atoms. The third-order valence-corrected chi connectivity index (χ3v) is 4.28. The van der Waals surface area contributed by atoms with E-state index in [4.69, 9.17) is 14.6 Å². The molecule has 1 atom stereocenters. The van der Waals surface area contributed by atoms with Gasteiger partial charge in [0.2, 0.25) is 0 Å². The lowest BCUT2D eigenvalue weighted by atomic mass is 10.1. The van der Waals surface area contributed by atoms with Gasteiger partial charge in [-0.25, -0.2) is 4.79 Å². The predicted octanol–water partition coefficient (Wildman–Crippen LogP) is 1.27. The van der Waals surface area contributed by atoms with Gasteiger partial charge < -0.3 is 24.8 Å². The van der Waals surface area contributed by atoms with Crippen molar-refractivity contribution in [1.82, 2.24) is 10.2 Å². The Morgan fingerprint density at radius 3 is 2.54 bits per heavy atom. The summed E-state index contributed by atoms with van der Waals surface area (Å²) in [5.41, 5.74) is 0.279. The highest BCUT2D eigenvalue weighted by Crippen LogP contribution is 2.34. The molecule has 2 amide bonds. The molecule has 1 aromatic carbocycles. The van der Waals surface area contributed by atoms with Crippen LogP contribution in [0, 0.1) is 16.0 Å². The molecule has 0 bridgehead atoms. The van der Waals surface area contributed by atoms with Crippen LogP contribution in [-0.4, -0.2) is 60.8 Å². The molecule has 1 fully saturated rings. The van der Waals surface area contributed by atoms with Crippen LogP contribution in [-0.2, 0) is 11.2 Å². The molecule has 1 saturated heterocycles. The summed E-state index contributed by atoms with van der Waals surface area (Å²) in [6.07, 6.45) is 0.641. The summed E-state index contributed by atoms with van der Waals surface area (Å²) in [6.45, 7) is 0.709. The molecule has 1 unspecified atom stereocenters. The van der Waals surface area contributed by atoms with Gasteiger partial charge in [0.1, 0.15) is 0 Å². The summed E-state index contributed by atoms with van der Waals surface area (Å²) in [4.78, 5) is 35.2. The Hall–Kier alpha value is -3.04. The Balaban J connectivity index is 1.99. The highest BCUT2D eigenvalue weighted by molar-refractivity contribution is 5.77. The lowest BCUT2D eigenvalue weighted by Crippen LogP contribution is -2.39. The van der Waals surface area contributed by atoms with E-state index in [9.17, 15) is 19.7 Å². The molecule has 1 aliphatic heterocycles. The number of urea groups is 1. The van der Waals surface area contributed by atoms with Crippen molar-refractivity contribution in [3.63, 3.8) is 0 Å². The molecule has 0 aromatic heterocycles. The average Bonchev–Trinajstić information content (AvgIpc) is 3.11. The molecule has 1 aliphatic rings. The Morgan fingerprint density at radius 1 is 1.35 bits per heavy atom. The molecule has 1 heterocycles. The second-order valence-electron chi connectivity index (χ2n) is 5.84. The number of benzene rings is 1. The summed E-state index contributed by atoms with van der Waals surface area (Å²) >= 11 is 0. The van der Waals surface area contributed by atoms with E-state index < -0.39 is 16.8 Å². The van der Waals surface area contributed by atoms with Crippen LogP contribution in [0.5, 0.6) is 11.5 Å². The Bertz CT molecular complexity index is 707. The fourth-order valence-electron chi connectivity index (χ4n) is 2.84. The number of nitrogens with one attached hydrogen (secondary N) is 1. The van der Waals surface area contributed by atoms with Crippen LogP contribution in [0.1, 0.15) is 12.0 Å². The fraction of sp³-hybridized carbons (Fsp3) is 0.500. The largest absolute Gasteiger partial charge is 0.493 e. The van der Waals surface area contributed by atoms with E-state index in [-0.39, 0.29) is 37.0 Å². The van der Waals surface area contributed by atoms with E-state index in [0.29, 0.717) is 24.3 Å². The van der Waals surface area contributed by atoms with Gasteiger partial charge in [0, 0.05) is 25.2 Å². The lowest BCUT2D eigenvalue weighted by Gasteiger charge is -2.17. The number of carbonyl (C=O) groups excluding carboxylic acids is 1. The summed E-state index contributed by atoms with van der Waals surface area (Å²) in [7, 11) is 2.82. The molecular formula is C16H21N3O7. The average molecular weight is 367 g/mol. The standard InChI is InChI=1S/C16H21N3O7/c1-25-13-7-10(12(19(23)24)8-14(13)26-2)3-5-17-16(22)18-6-4-11(9-18)15(20)21/h7-8,11H,3-6,9H2,1-2H3,(H,17,22)(H,20,21). The van der Waals surface area contributed by atoms with Crippen LogP contribution in [0.15, 0.2) is 12.1 Å². The highest BCUT2D eigenvalue weighted by atomic mass is 16.6. The van der Waals surface area contributed by atoms with E-state index in [1.165, 1.54) is 31.3 Å². The summed E-state index contributed by atoms with van der Waals surface area (Å²) in [6, 6.07) is 2.42. The molecule has 0 spiro atoms. The van der Waals surface area contributed by atoms with Crippen molar-refractivity contribution in [3.8, 4) is 11.5 Å². The molecule has 1 aromatic rings. The second-order valence-corrected chi connectivity index (χ2v) is 5.84. The monoisotopic (exact) mass is 367 g/mol.